The van der Waals surface area contributed by atoms with Gasteiger partial charge in [0.15, 0.2) is 0 Å². The molecule has 0 saturated heterocycles. The fourth-order valence-electron chi connectivity index (χ4n) is 0.900. The minimum Gasteiger partial charge on any atom is -0.475 e. The lowest BCUT2D eigenvalue weighted by molar-refractivity contribution is 0.0654. The molecule has 1 aromatic heterocycles. The molecule has 0 bridgehead atoms. The molecule has 4 nitrogen and oxygen atoms in total. The first kappa shape index (κ1) is 8.80. The fraction of sp³-hybridized carbons (Fsp3) is 0.375. The van der Waals surface area contributed by atoms with Gasteiger partial charge in [0.25, 0.3) is 0 Å². The van der Waals surface area contributed by atoms with E-state index in [-0.39, 0.29) is 5.76 Å². The Bertz CT molecular complexity index is 287. The second-order valence-corrected chi connectivity index (χ2v) is 2.46. The summed E-state index contributed by atoms with van der Waals surface area (Å²) in [5, 5.41) is 8.56. The number of carboxylic acid groups (broad SMARTS) is 1. The number of carbonyl (C=O) groups is 1. The summed E-state index contributed by atoms with van der Waals surface area (Å²) in [6, 6.07) is 1.48. The number of carboxylic acids is 1. The lowest BCUT2D eigenvalue weighted by Crippen LogP contribution is -1.92. The summed E-state index contributed by atoms with van der Waals surface area (Å²) in [6.45, 7) is 2.09. The molecule has 1 N–H and O–H groups in total. The van der Waals surface area contributed by atoms with Crippen molar-refractivity contribution >= 4 is 5.97 Å². The Balaban J connectivity index is 2.92. The van der Waals surface area contributed by atoms with Crippen LogP contribution in [0.4, 0.5) is 0 Å². The van der Waals surface area contributed by atoms with E-state index in [1.54, 1.807) is 6.92 Å². The Kier molecular flexibility index (Phi) is 2.50. The fourth-order valence-corrected chi connectivity index (χ4v) is 0.900. The maximum absolute atomic E-state index is 10.4. The van der Waals surface area contributed by atoms with Gasteiger partial charge in [0.05, 0.1) is 0 Å². The average Bonchev–Trinajstić information content (AvgIpc) is 2.34. The van der Waals surface area contributed by atoms with Crippen LogP contribution in [0, 0.1) is 6.92 Å². The molecule has 0 spiro atoms. The Morgan fingerprint density at radius 1 is 1.75 bits per heavy atom. The normalized spacial score (nSPS) is 10.2. The molecular weight excluding hydrogens is 160 g/mol. The van der Waals surface area contributed by atoms with Crippen molar-refractivity contribution in [2.75, 3.05) is 7.11 Å². The number of methoxy groups -OCH3 is 1. The van der Waals surface area contributed by atoms with Crippen LogP contribution in [0.15, 0.2) is 10.5 Å². The second-order valence-electron chi connectivity index (χ2n) is 2.46. The molecular formula is C8H10O4. The molecule has 0 atom stereocenters. The quantitative estimate of drug-likeness (QED) is 0.745. The van der Waals surface area contributed by atoms with E-state index in [0.29, 0.717) is 12.4 Å². The van der Waals surface area contributed by atoms with Gasteiger partial charge in [-0.2, -0.15) is 0 Å². The summed E-state index contributed by atoms with van der Waals surface area (Å²) >= 11 is 0. The van der Waals surface area contributed by atoms with Gasteiger partial charge in [-0.05, 0) is 18.6 Å². The largest absolute Gasteiger partial charge is 0.475 e. The lowest BCUT2D eigenvalue weighted by Gasteiger charge is -1.93. The number of aromatic carboxylic acids is 1. The first-order valence-corrected chi connectivity index (χ1v) is 3.46. The van der Waals surface area contributed by atoms with E-state index >= 15 is 0 Å². The third-order valence-corrected chi connectivity index (χ3v) is 1.51. The van der Waals surface area contributed by atoms with E-state index < -0.39 is 5.97 Å². The highest BCUT2D eigenvalue weighted by Crippen LogP contribution is 2.14. The molecule has 0 saturated carbocycles. The van der Waals surface area contributed by atoms with Crippen LogP contribution < -0.4 is 0 Å². The Labute approximate surface area is 69.8 Å². The standard InChI is InChI=1S/C8H10O4/c1-5-3-6(8(9)10)12-7(5)4-11-2/h3H,4H2,1-2H3,(H,9,10). The van der Waals surface area contributed by atoms with Gasteiger partial charge in [0.2, 0.25) is 5.76 Å². The number of furan rings is 1. The summed E-state index contributed by atoms with van der Waals surface area (Å²) in [5.74, 6) is -0.532. The molecule has 66 valence electrons. The van der Waals surface area contributed by atoms with Crippen LogP contribution >= 0.6 is 0 Å². The zero-order valence-electron chi connectivity index (χ0n) is 6.96. The van der Waals surface area contributed by atoms with Crippen LogP contribution in [0.25, 0.3) is 0 Å². The van der Waals surface area contributed by atoms with Crippen LogP contribution in [0.2, 0.25) is 0 Å². The highest BCUT2D eigenvalue weighted by Gasteiger charge is 2.12. The Morgan fingerprint density at radius 2 is 2.42 bits per heavy atom. The third-order valence-electron chi connectivity index (χ3n) is 1.51. The van der Waals surface area contributed by atoms with Crippen LogP contribution in [-0.2, 0) is 11.3 Å². The van der Waals surface area contributed by atoms with Crippen molar-refractivity contribution in [1.29, 1.82) is 0 Å². The highest BCUT2D eigenvalue weighted by atomic mass is 16.5. The maximum atomic E-state index is 10.4. The Morgan fingerprint density at radius 3 is 2.83 bits per heavy atom. The number of ether oxygens (including phenoxy) is 1. The lowest BCUT2D eigenvalue weighted by atomic mass is 10.3. The smallest absolute Gasteiger partial charge is 0.371 e. The first-order chi connectivity index (χ1) is 5.65. The number of hydrogen-bond donors (Lipinski definition) is 1. The molecule has 0 aliphatic heterocycles. The van der Waals surface area contributed by atoms with Crippen LogP contribution in [0.1, 0.15) is 21.9 Å². The molecule has 1 heterocycles. The molecule has 0 aliphatic carbocycles. The molecule has 0 radical (unpaired) electrons. The first-order valence-electron chi connectivity index (χ1n) is 3.46. The van der Waals surface area contributed by atoms with Crippen LogP contribution in [0.5, 0.6) is 0 Å². The molecule has 0 amide bonds. The number of hydrogen-bond acceptors (Lipinski definition) is 3. The molecule has 0 aromatic carbocycles. The molecule has 0 fully saturated rings. The summed E-state index contributed by atoms with van der Waals surface area (Å²) in [5.41, 5.74) is 0.800. The van der Waals surface area contributed by atoms with Gasteiger partial charge in [0, 0.05) is 7.11 Å². The van der Waals surface area contributed by atoms with Gasteiger partial charge in [0.1, 0.15) is 12.4 Å². The summed E-state index contributed by atoms with van der Waals surface area (Å²) in [6.07, 6.45) is 0. The van der Waals surface area contributed by atoms with Gasteiger partial charge in [-0.25, -0.2) is 4.79 Å². The van der Waals surface area contributed by atoms with Crippen LogP contribution in [-0.4, -0.2) is 18.2 Å². The summed E-state index contributed by atoms with van der Waals surface area (Å²) in [7, 11) is 1.53. The SMILES string of the molecule is COCc1oc(C(=O)O)cc1C. The van der Waals surface area contributed by atoms with E-state index in [0.717, 1.165) is 5.56 Å². The monoisotopic (exact) mass is 170 g/mol. The average molecular weight is 170 g/mol. The van der Waals surface area contributed by atoms with Crippen molar-refractivity contribution in [3.8, 4) is 0 Å². The van der Waals surface area contributed by atoms with Crippen LogP contribution in [0.3, 0.4) is 0 Å². The minimum atomic E-state index is -1.06. The third kappa shape index (κ3) is 1.65. The van der Waals surface area contributed by atoms with E-state index in [9.17, 15) is 4.79 Å². The predicted octanol–water partition coefficient (Wildman–Crippen LogP) is 1.43. The predicted molar refractivity (Wildman–Crippen MR) is 41.1 cm³/mol. The molecule has 12 heavy (non-hydrogen) atoms. The zero-order valence-corrected chi connectivity index (χ0v) is 6.96. The molecule has 0 unspecified atom stereocenters. The van der Waals surface area contributed by atoms with Crippen molar-refractivity contribution in [2.45, 2.75) is 13.5 Å². The van der Waals surface area contributed by atoms with Crippen molar-refractivity contribution in [2.24, 2.45) is 0 Å². The van der Waals surface area contributed by atoms with E-state index in [2.05, 4.69) is 0 Å². The van der Waals surface area contributed by atoms with Crippen molar-refractivity contribution in [3.05, 3.63) is 23.2 Å². The van der Waals surface area contributed by atoms with E-state index in [1.165, 1.54) is 13.2 Å². The molecule has 4 heteroatoms. The summed E-state index contributed by atoms with van der Waals surface area (Å²) in [4.78, 5) is 10.4. The van der Waals surface area contributed by atoms with Crippen molar-refractivity contribution in [3.63, 3.8) is 0 Å². The minimum absolute atomic E-state index is 0.0421. The topological polar surface area (TPSA) is 59.7 Å². The summed E-state index contributed by atoms with van der Waals surface area (Å²) < 4.78 is 9.81. The molecule has 1 rings (SSSR count). The van der Waals surface area contributed by atoms with Gasteiger partial charge < -0.3 is 14.3 Å². The molecule has 0 aliphatic rings. The highest BCUT2D eigenvalue weighted by molar-refractivity contribution is 5.84. The molecule has 1 aromatic rings. The van der Waals surface area contributed by atoms with Gasteiger partial charge in [-0.1, -0.05) is 0 Å². The van der Waals surface area contributed by atoms with Gasteiger partial charge >= 0.3 is 5.97 Å². The van der Waals surface area contributed by atoms with E-state index in [1.807, 2.05) is 0 Å². The van der Waals surface area contributed by atoms with Gasteiger partial charge in [-0.3, -0.25) is 0 Å². The zero-order chi connectivity index (χ0) is 9.14. The van der Waals surface area contributed by atoms with E-state index in [4.69, 9.17) is 14.3 Å². The number of rotatable bonds is 3. The Hall–Kier alpha value is -1.29. The van der Waals surface area contributed by atoms with Crippen molar-refractivity contribution < 1.29 is 19.1 Å². The second kappa shape index (κ2) is 3.40. The maximum Gasteiger partial charge on any atom is 0.371 e. The number of aryl methyl sites for hydroxylation is 1. The van der Waals surface area contributed by atoms with Gasteiger partial charge in [-0.15, -0.1) is 0 Å². The van der Waals surface area contributed by atoms with Crippen molar-refractivity contribution in [1.82, 2.24) is 0 Å².